The van der Waals surface area contributed by atoms with E-state index in [1.54, 1.807) is 0 Å². The average Bonchev–Trinajstić information content (AvgIpc) is 3.44. The van der Waals surface area contributed by atoms with Gasteiger partial charge in [0.05, 0.1) is 0 Å². The van der Waals surface area contributed by atoms with Gasteiger partial charge in [-0.25, -0.2) is 0 Å². The molecule has 0 unspecified atom stereocenters. The van der Waals surface area contributed by atoms with E-state index in [0.717, 1.165) is 16.7 Å². The van der Waals surface area contributed by atoms with Gasteiger partial charge in [0.2, 0.25) is 0 Å². The van der Waals surface area contributed by atoms with Crippen LogP contribution in [0.25, 0.3) is 87.6 Å². The van der Waals surface area contributed by atoms with E-state index < -0.39 is 0 Å². The fourth-order valence-electron chi connectivity index (χ4n) is 6.90. The summed E-state index contributed by atoms with van der Waals surface area (Å²) in [5.74, 6) is 0. The highest BCUT2D eigenvalue weighted by molar-refractivity contribution is 6.29. The minimum atomic E-state index is 0.933. The van der Waals surface area contributed by atoms with Gasteiger partial charge in [-0.1, -0.05) is 127 Å². The number of hydrogen-bond acceptors (Lipinski definition) is 1. The largest absolute Gasteiger partial charge is 0.455 e. The summed E-state index contributed by atoms with van der Waals surface area (Å²) in [6.45, 7) is 0. The molecule has 0 aliphatic carbocycles. The Labute approximate surface area is 237 Å². The van der Waals surface area contributed by atoms with Crippen molar-refractivity contribution in [1.29, 1.82) is 0 Å². The first-order chi connectivity index (χ1) is 20.4. The van der Waals surface area contributed by atoms with Crippen LogP contribution in [0.15, 0.2) is 150 Å². The van der Waals surface area contributed by atoms with Gasteiger partial charge in [0.1, 0.15) is 11.2 Å². The Morgan fingerprint density at radius 1 is 0.341 bits per heavy atom. The summed E-state index contributed by atoms with van der Waals surface area (Å²) in [5, 5.41) is 9.89. The summed E-state index contributed by atoms with van der Waals surface area (Å²) < 4.78 is 6.64. The van der Waals surface area contributed by atoms with Crippen molar-refractivity contribution in [2.45, 2.75) is 0 Å². The molecule has 190 valence electrons. The van der Waals surface area contributed by atoms with Gasteiger partial charge < -0.3 is 4.42 Å². The molecule has 8 aromatic carbocycles. The van der Waals surface area contributed by atoms with Gasteiger partial charge in [-0.05, 0) is 78.3 Å². The molecule has 1 aromatic heterocycles. The molecule has 1 heteroatoms. The highest BCUT2D eigenvalue weighted by atomic mass is 16.3. The Kier molecular flexibility index (Phi) is 4.67. The molecule has 0 N–H and O–H groups in total. The van der Waals surface area contributed by atoms with Gasteiger partial charge in [0, 0.05) is 16.3 Å². The summed E-state index contributed by atoms with van der Waals surface area (Å²) in [7, 11) is 0. The Bertz CT molecular complexity index is 2340. The Morgan fingerprint density at radius 3 is 1.54 bits per heavy atom. The van der Waals surface area contributed by atoms with Crippen LogP contribution in [-0.4, -0.2) is 0 Å². The zero-order chi connectivity index (χ0) is 26.9. The number of furan rings is 1. The number of fused-ring (bicyclic) bond motifs is 2. The predicted octanol–water partition coefficient (Wildman–Crippen LogP) is 11.5. The second-order valence-electron chi connectivity index (χ2n) is 10.8. The highest BCUT2D eigenvalue weighted by Crippen LogP contribution is 2.48. The summed E-state index contributed by atoms with van der Waals surface area (Å²) >= 11 is 0. The second kappa shape index (κ2) is 8.55. The van der Waals surface area contributed by atoms with Gasteiger partial charge in [-0.2, -0.15) is 0 Å². The second-order valence-corrected chi connectivity index (χ2v) is 10.8. The molecule has 9 aromatic rings. The van der Waals surface area contributed by atoms with Crippen LogP contribution in [0, 0.1) is 0 Å². The van der Waals surface area contributed by atoms with E-state index in [1.165, 1.54) is 70.9 Å². The SMILES string of the molecule is c1ccc(-c2c3ccccc3c(-c3ccc4oc5c(-c6ccccc6)ccc6ccc3c4c65)c3ccccc23)cc1. The molecule has 0 bridgehead atoms. The molecule has 1 nitrogen and oxygen atoms in total. The molecule has 0 amide bonds. The van der Waals surface area contributed by atoms with Crippen molar-refractivity contribution in [3.8, 4) is 33.4 Å². The molecular formula is C40H24O. The van der Waals surface area contributed by atoms with Crippen LogP contribution < -0.4 is 0 Å². The van der Waals surface area contributed by atoms with Crippen molar-refractivity contribution in [1.82, 2.24) is 0 Å². The molecule has 0 atom stereocenters. The van der Waals surface area contributed by atoms with E-state index in [0.29, 0.717) is 0 Å². The fourth-order valence-corrected chi connectivity index (χ4v) is 6.90. The summed E-state index contributed by atoms with van der Waals surface area (Å²) in [6, 6.07) is 52.4. The zero-order valence-corrected chi connectivity index (χ0v) is 22.3. The molecule has 0 saturated heterocycles. The third kappa shape index (κ3) is 3.18. The Hall–Kier alpha value is -5.40. The minimum absolute atomic E-state index is 0.933. The van der Waals surface area contributed by atoms with E-state index in [2.05, 4.69) is 146 Å². The quantitative estimate of drug-likeness (QED) is 0.167. The molecule has 0 radical (unpaired) electrons. The molecule has 9 rings (SSSR count). The van der Waals surface area contributed by atoms with E-state index in [9.17, 15) is 0 Å². The lowest BCUT2D eigenvalue weighted by Gasteiger charge is -2.18. The van der Waals surface area contributed by atoms with Crippen molar-refractivity contribution in [3.05, 3.63) is 146 Å². The van der Waals surface area contributed by atoms with Gasteiger partial charge in [0.15, 0.2) is 0 Å². The third-order valence-corrected chi connectivity index (χ3v) is 8.64. The van der Waals surface area contributed by atoms with E-state index in [4.69, 9.17) is 4.42 Å². The zero-order valence-electron chi connectivity index (χ0n) is 22.3. The first kappa shape index (κ1) is 22.4. The minimum Gasteiger partial charge on any atom is -0.455 e. The smallest absolute Gasteiger partial charge is 0.143 e. The normalized spacial score (nSPS) is 11.9. The molecule has 1 heterocycles. The monoisotopic (exact) mass is 520 g/mol. The van der Waals surface area contributed by atoms with Crippen LogP contribution in [0.1, 0.15) is 0 Å². The van der Waals surface area contributed by atoms with Gasteiger partial charge >= 0.3 is 0 Å². The summed E-state index contributed by atoms with van der Waals surface area (Å²) in [4.78, 5) is 0. The molecule has 0 aliphatic heterocycles. The first-order valence-electron chi connectivity index (χ1n) is 14.1. The summed E-state index contributed by atoms with van der Waals surface area (Å²) in [6.07, 6.45) is 0. The molecule has 41 heavy (non-hydrogen) atoms. The van der Waals surface area contributed by atoms with Crippen molar-refractivity contribution in [2.75, 3.05) is 0 Å². The van der Waals surface area contributed by atoms with Crippen LogP contribution in [0.4, 0.5) is 0 Å². The lowest BCUT2D eigenvalue weighted by atomic mass is 9.84. The Balaban J connectivity index is 1.42. The van der Waals surface area contributed by atoms with Crippen LogP contribution in [-0.2, 0) is 0 Å². The molecule has 0 fully saturated rings. The maximum atomic E-state index is 6.64. The summed E-state index contributed by atoms with van der Waals surface area (Å²) in [5.41, 5.74) is 9.22. The van der Waals surface area contributed by atoms with E-state index in [-0.39, 0.29) is 0 Å². The maximum absolute atomic E-state index is 6.64. The van der Waals surface area contributed by atoms with E-state index in [1.807, 2.05) is 0 Å². The highest BCUT2D eigenvalue weighted by Gasteiger charge is 2.22. The van der Waals surface area contributed by atoms with Crippen LogP contribution in [0.2, 0.25) is 0 Å². The van der Waals surface area contributed by atoms with Crippen LogP contribution in [0.3, 0.4) is 0 Å². The van der Waals surface area contributed by atoms with Crippen molar-refractivity contribution in [2.24, 2.45) is 0 Å². The van der Waals surface area contributed by atoms with Crippen molar-refractivity contribution < 1.29 is 4.42 Å². The average molecular weight is 521 g/mol. The predicted molar refractivity (Wildman–Crippen MR) is 174 cm³/mol. The van der Waals surface area contributed by atoms with Crippen molar-refractivity contribution >= 4 is 54.3 Å². The van der Waals surface area contributed by atoms with Crippen molar-refractivity contribution in [3.63, 3.8) is 0 Å². The number of benzene rings is 8. The topological polar surface area (TPSA) is 13.1 Å². The van der Waals surface area contributed by atoms with Gasteiger partial charge in [0.25, 0.3) is 0 Å². The molecular weight excluding hydrogens is 496 g/mol. The third-order valence-electron chi connectivity index (χ3n) is 8.64. The van der Waals surface area contributed by atoms with Crippen LogP contribution in [0.5, 0.6) is 0 Å². The Morgan fingerprint density at radius 2 is 0.878 bits per heavy atom. The van der Waals surface area contributed by atoms with Gasteiger partial charge in [-0.3, -0.25) is 0 Å². The first-order valence-corrected chi connectivity index (χ1v) is 14.1. The maximum Gasteiger partial charge on any atom is 0.143 e. The number of hydrogen-bond donors (Lipinski definition) is 0. The molecule has 0 saturated carbocycles. The molecule has 0 spiro atoms. The van der Waals surface area contributed by atoms with Gasteiger partial charge in [-0.15, -0.1) is 0 Å². The standard InChI is InChI=1S/C40H24O/c1-3-11-25(12-4-1)28-21-19-27-20-22-34-33(23-24-35-39(34)37(27)40(28)41-35)38-31-17-9-7-15-29(31)36(26-13-5-2-6-14-26)30-16-8-10-18-32(30)38/h1-24H. The fraction of sp³-hybridized carbons (Fsp3) is 0. The number of rotatable bonds is 3. The lowest BCUT2D eigenvalue weighted by molar-refractivity contribution is 0.670. The molecule has 0 aliphatic rings. The lowest BCUT2D eigenvalue weighted by Crippen LogP contribution is -1.91. The van der Waals surface area contributed by atoms with Crippen LogP contribution >= 0.6 is 0 Å². The van der Waals surface area contributed by atoms with E-state index >= 15 is 0 Å².